The molecule has 0 aromatic rings. The van der Waals surface area contributed by atoms with Crippen LogP contribution in [0.25, 0.3) is 0 Å². The second-order valence-corrected chi connectivity index (χ2v) is 3.34. The van der Waals surface area contributed by atoms with E-state index in [1.807, 2.05) is 0 Å². The molecule has 0 radical (unpaired) electrons. The van der Waals surface area contributed by atoms with E-state index in [1.165, 1.54) is 0 Å². The summed E-state index contributed by atoms with van der Waals surface area (Å²) in [5, 5.41) is 8.44. The minimum atomic E-state index is -0.677. The van der Waals surface area contributed by atoms with Crippen molar-refractivity contribution in [3.63, 3.8) is 0 Å². The van der Waals surface area contributed by atoms with Crippen LogP contribution in [0, 0.1) is 11.8 Å². The van der Waals surface area contributed by atoms with E-state index >= 15 is 0 Å². The smallest absolute Gasteiger partial charge is 0.303 e. The van der Waals surface area contributed by atoms with Crippen molar-refractivity contribution in [2.24, 2.45) is 11.8 Å². The van der Waals surface area contributed by atoms with Crippen molar-refractivity contribution in [1.29, 1.82) is 0 Å². The van der Waals surface area contributed by atoms with Crippen LogP contribution in [-0.4, -0.2) is 11.1 Å². The van der Waals surface area contributed by atoms with Crippen LogP contribution in [0.15, 0.2) is 0 Å². The van der Waals surface area contributed by atoms with E-state index in [4.69, 9.17) is 5.11 Å². The maximum absolute atomic E-state index is 10.2. The van der Waals surface area contributed by atoms with Crippen LogP contribution >= 0.6 is 0 Å². The van der Waals surface area contributed by atoms with Crippen molar-refractivity contribution in [3.05, 3.63) is 0 Å². The number of aliphatic carboxylic acids is 1. The van der Waals surface area contributed by atoms with Gasteiger partial charge in [0, 0.05) is 6.42 Å². The Morgan fingerprint density at radius 2 is 2.00 bits per heavy atom. The third-order valence-electron chi connectivity index (χ3n) is 2.20. The third-order valence-corrected chi connectivity index (χ3v) is 2.20. The van der Waals surface area contributed by atoms with E-state index in [0.29, 0.717) is 18.3 Å². The molecule has 0 aliphatic heterocycles. The van der Waals surface area contributed by atoms with Crippen LogP contribution in [0.4, 0.5) is 0 Å². The van der Waals surface area contributed by atoms with Gasteiger partial charge in [0.25, 0.3) is 0 Å². The Kier molecular flexibility index (Phi) is 4.92. The van der Waals surface area contributed by atoms with Crippen molar-refractivity contribution < 1.29 is 9.90 Å². The summed E-state index contributed by atoms with van der Waals surface area (Å²) in [5.74, 6) is 0.509. The van der Waals surface area contributed by atoms with Crippen molar-refractivity contribution in [3.8, 4) is 0 Å². The molecule has 1 N–H and O–H groups in total. The molecule has 0 fully saturated rings. The molecule has 2 heteroatoms. The van der Waals surface area contributed by atoms with Gasteiger partial charge in [0.05, 0.1) is 0 Å². The second-order valence-electron chi connectivity index (χ2n) is 3.34. The van der Waals surface area contributed by atoms with Gasteiger partial charge in [-0.25, -0.2) is 0 Å². The lowest BCUT2D eigenvalue weighted by molar-refractivity contribution is -0.137. The molecule has 0 saturated heterocycles. The Morgan fingerprint density at radius 3 is 2.27 bits per heavy atom. The predicted octanol–water partition coefficient (Wildman–Crippen LogP) is 2.53. The van der Waals surface area contributed by atoms with Crippen LogP contribution in [0.1, 0.15) is 40.0 Å². The number of rotatable bonds is 5. The number of hydrogen-bond acceptors (Lipinski definition) is 1. The fourth-order valence-electron chi connectivity index (χ4n) is 1.32. The Bertz CT molecular complexity index is 119. The Hall–Kier alpha value is -0.530. The molecule has 0 aliphatic rings. The highest BCUT2D eigenvalue weighted by Gasteiger charge is 2.11. The third kappa shape index (κ3) is 4.82. The van der Waals surface area contributed by atoms with Crippen LogP contribution < -0.4 is 0 Å². The largest absolute Gasteiger partial charge is 0.481 e. The number of carboxylic acid groups (broad SMARTS) is 1. The van der Waals surface area contributed by atoms with Gasteiger partial charge in [-0.05, 0) is 18.3 Å². The molecule has 0 unspecified atom stereocenters. The van der Waals surface area contributed by atoms with Gasteiger partial charge in [0.1, 0.15) is 0 Å². The second kappa shape index (κ2) is 5.16. The first-order valence-electron chi connectivity index (χ1n) is 4.29. The molecule has 2 nitrogen and oxygen atoms in total. The summed E-state index contributed by atoms with van der Waals surface area (Å²) in [6.45, 7) is 6.42. The van der Waals surface area contributed by atoms with E-state index in [2.05, 4.69) is 20.8 Å². The average Bonchev–Trinajstić information content (AvgIpc) is 1.87. The van der Waals surface area contributed by atoms with Crippen molar-refractivity contribution in [2.45, 2.75) is 40.0 Å². The summed E-state index contributed by atoms with van der Waals surface area (Å²) in [5.41, 5.74) is 0. The molecule has 0 bridgehead atoms. The topological polar surface area (TPSA) is 37.3 Å². The van der Waals surface area contributed by atoms with Crippen molar-refractivity contribution >= 4 is 5.97 Å². The molecular weight excluding hydrogens is 140 g/mol. The Labute approximate surface area is 68.6 Å². The fourth-order valence-corrected chi connectivity index (χ4v) is 1.32. The lowest BCUT2D eigenvalue weighted by Crippen LogP contribution is -2.09. The van der Waals surface area contributed by atoms with Crippen LogP contribution in [0.3, 0.4) is 0 Å². The number of carboxylic acids is 1. The Morgan fingerprint density at radius 1 is 1.45 bits per heavy atom. The summed E-state index contributed by atoms with van der Waals surface area (Å²) in [6.07, 6.45) is 2.23. The maximum atomic E-state index is 10.2. The van der Waals surface area contributed by atoms with Gasteiger partial charge in [-0.1, -0.05) is 27.2 Å². The van der Waals surface area contributed by atoms with E-state index < -0.39 is 5.97 Å². The molecule has 0 rings (SSSR count). The van der Waals surface area contributed by atoms with E-state index in [1.54, 1.807) is 0 Å². The maximum Gasteiger partial charge on any atom is 0.303 e. The molecule has 0 aliphatic carbocycles. The predicted molar refractivity (Wildman–Crippen MR) is 45.5 cm³/mol. The highest BCUT2D eigenvalue weighted by atomic mass is 16.4. The highest BCUT2D eigenvalue weighted by molar-refractivity contribution is 5.66. The molecule has 0 amide bonds. The number of hydrogen-bond donors (Lipinski definition) is 1. The quantitative estimate of drug-likeness (QED) is 0.667. The zero-order valence-corrected chi connectivity index (χ0v) is 7.63. The SMILES string of the molecule is CC[C@@H](CCC(=O)O)C(C)C. The lowest BCUT2D eigenvalue weighted by Gasteiger charge is -2.17. The van der Waals surface area contributed by atoms with Crippen LogP contribution in [-0.2, 0) is 4.79 Å². The average molecular weight is 158 g/mol. The molecule has 0 aromatic carbocycles. The minimum Gasteiger partial charge on any atom is -0.481 e. The summed E-state index contributed by atoms with van der Waals surface area (Å²) in [6, 6.07) is 0. The van der Waals surface area contributed by atoms with Gasteiger partial charge in [0.15, 0.2) is 0 Å². The first kappa shape index (κ1) is 10.5. The standard InChI is InChI=1S/C9H18O2/c1-4-8(7(2)3)5-6-9(10)11/h7-8H,4-6H2,1-3H3,(H,10,11)/t8-/m0/s1. The fraction of sp³-hybridized carbons (Fsp3) is 0.889. The van der Waals surface area contributed by atoms with Gasteiger partial charge in [0.2, 0.25) is 0 Å². The summed E-state index contributed by atoms with van der Waals surface area (Å²) in [4.78, 5) is 10.2. The highest BCUT2D eigenvalue weighted by Crippen LogP contribution is 2.20. The summed E-state index contributed by atoms with van der Waals surface area (Å²) >= 11 is 0. The molecule has 0 aromatic heterocycles. The van der Waals surface area contributed by atoms with Gasteiger partial charge >= 0.3 is 5.97 Å². The summed E-state index contributed by atoms with van der Waals surface area (Å²) in [7, 11) is 0. The summed E-state index contributed by atoms with van der Waals surface area (Å²) < 4.78 is 0. The van der Waals surface area contributed by atoms with E-state index in [0.717, 1.165) is 12.8 Å². The Balaban J connectivity index is 3.61. The van der Waals surface area contributed by atoms with Crippen molar-refractivity contribution in [1.82, 2.24) is 0 Å². The zero-order chi connectivity index (χ0) is 8.85. The van der Waals surface area contributed by atoms with Gasteiger partial charge < -0.3 is 5.11 Å². The molecule has 0 saturated carbocycles. The first-order chi connectivity index (χ1) is 5.07. The monoisotopic (exact) mass is 158 g/mol. The normalized spacial score (nSPS) is 13.5. The van der Waals surface area contributed by atoms with E-state index in [-0.39, 0.29) is 0 Å². The molecule has 0 spiro atoms. The van der Waals surface area contributed by atoms with Gasteiger partial charge in [-0.3, -0.25) is 4.79 Å². The molecule has 11 heavy (non-hydrogen) atoms. The van der Waals surface area contributed by atoms with Crippen molar-refractivity contribution in [2.75, 3.05) is 0 Å². The molecule has 0 heterocycles. The van der Waals surface area contributed by atoms with Gasteiger partial charge in [-0.15, -0.1) is 0 Å². The number of carbonyl (C=O) groups is 1. The van der Waals surface area contributed by atoms with Crippen LogP contribution in [0.2, 0.25) is 0 Å². The van der Waals surface area contributed by atoms with E-state index in [9.17, 15) is 4.79 Å². The zero-order valence-electron chi connectivity index (χ0n) is 7.63. The molecule has 66 valence electrons. The lowest BCUT2D eigenvalue weighted by atomic mass is 9.89. The minimum absolute atomic E-state index is 0.316. The van der Waals surface area contributed by atoms with Crippen LogP contribution in [0.5, 0.6) is 0 Å². The molecule has 1 atom stereocenters. The first-order valence-corrected chi connectivity index (χ1v) is 4.29. The van der Waals surface area contributed by atoms with Gasteiger partial charge in [-0.2, -0.15) is 0 Å². The molecular formula is C9H18O2.